The highest BCUT2D eigenvalue weighted by Crippen LogP contribution is 2.06. The summed E-state index contributed by atoms with van der Waals surface area (Å²) in [6.45, 7) is 7.41. The maximum atomic E-state index is 11.4. The largest absolute Gasteiger partial charge is 0.459 e. The zero-order chi connectivity index (χ0) is 11.5. The van der Waals surface area contributed by atoms with Crippen LogP contribution >= 0.6 is 0 Å². The number of hydrogen-bond donors (Lipinski definition) is 1. The van der Waals surface area contributed by atoms with Crippen LogP contribution in [-0.4, -0.2) is 49.1 Å². The van der Waals surface area contributed by atoms with Crippen LogP contribution in [0.1, 0.15) is 20.8 Å². The fourth-order valence-electron chi connectivity index (χ4n) is 1.25. The first kappa shape index (κ1) is 11.8. The number of esters is 1. The summed E-state index contributed by atoms with van der Waals surface area (Å²) < 4.78 is 5.16. The van der Waals surface area contributed by atoms with Crippen LogP contribution in [0.4, 0.5) is 0 Å². The molecule has 0 aromatic heterocycles. The molecule has 1 aliphatic heterocycles. The third-order valence-corrected chi connectivity index (χ3v) is 1.87. The Morgan fingerprint density at radius 2 is 2.27 bits per heavy atom. The van der Waals surface area contributed by atoms with Gasteiger partial charge in [-0.25, -0.2) is 0 Å². The molecule has 1 N–H and O–H groups in total. The van der Waals surface area contributed by atoms with Gasteiger partial charge in [-0.2, -0.15) is 0 Å². The molecule has 1 aliphatic rings. The van der Waals surface area contributed by atoms with Crippen molar-refractivity contribution >= 4 is 11.9 Å². The predicted octanol–water partition coefficient (Wildman–Crippen LogP) is 0.219. The van der Waals surface area contributed by atoms with Crippen molar-refractivity contribution in [1.82, 2.24) is 10.2 Å². The molecule has 0 radical (unpaired) electrons. The van der Waals surface area contributed by atoms with Crippen molar-refractivity contribution in [3.8, 4) is 0 Å². The second kappa shape index (κ2) is 4.51. The molecule has 0 unspecified atom stereocenters. The van der Waals surface area contributed by atoms with Gasteiger partial charge in [0.25, 0.3) is 0 Å². The van der Waals surface area contributed by atoms with Gasteiger partial charge in [0.1, 0.15) is 12.1 Å². The van der Waals surface area contributed by atoms with E-state index in [4.69, 9.17) is 4.74 Å². The fraction of sp³-hybridized carbons (Fsp3) is 0.800. The van der Waals surface area contributed by atoms with Gasteiger partial charge >= 0.3 is 5.97 Å². The van der Waals surface area contributed by atoms with Crippen molar-refractivity contribution in [3.05, 3.63) is 0 Å². The lowest BCUT2D eigenvalue weighted by Gasteiger charge is -2.20. The molecule has 0 saturated heterocycles. The number of carbonyl (C=O) groups excluding carboxylic acids is 1. The molecule has 0 spiro atoms. The third kappa shape index (κ3) is 4.18. The first-order chi connectivity index (χ1) is 6.88. The SMILES string of the molecule is CN1CCN=C1NCC(=O)OC(C)(C)C. The summed E-state index contributed by atoms with van der Waals surface area (Å²) in [6, 6.07) is 0. The first-order valence-corrected chi connectivity index (χ1v) is 5.10. The van der Waals surface area contributed by atoms with E-state index in [1.54, 1.807) is 0 Å². The first-order valence-electron chi connectivity index (χ1n) is 5.10. The number of hydrogen-bond acceptors (Lipinski definition) is 5. The Kier molecular flexibility index (Phi) is 3.55. The van der Waals surface area contributed by atoms with Crippen LogP contribution in [0.25, 0.3) is 0 Å². The van der Waals surface area contributed by atoms with Gasteiger partial charge in [0.05, 0.1) is 6.54 Å². The van der Waals surface area contributed by atoms with Crippen molar-refractivity contribution in [2.45, 2.75) is 26.4 Å². The van der Waals surface area contributed by atoms with E-state index >= 15 is 0 Å². The van der Waals surface area contributed by atoms with Crippen LogP contribution in [0, 0.1) is 0 Å². The van der Waals surface area contributed by atoms with E-state index in [0.29, 0.717) is 0 Å². The van der Waals surface area contributed by atoms with Gasteiger partial charge in [0, 0.05) is 13.6 Å². The molecule has 0 aromatic carbocycles. The van der Waals surface area contributed by atoms with Crippen molar-refractivity contribution in [3.63, 3.8) is 0 Å². The number of aliphatic imine (C=N–C) groups is 1. The second-order valence-electron chi connectivity index (χ2n) is 4.57. The topological polar surface area (TPSA) is 53.9 Å². The minimum atomic E-state index is -0.428. The number of guanidine groups is 1. The number of likely N-dealkylation sites (N-methyl/N-ethyl adjacent to an activating group) is 1. The Hall–Kier alpha value is -1.26. The number of rotatable bonds is 2. The van der Waals surface area contributed by atoms with Gasteiger partial charge in [-0.3, -0.25) is 9.79 Å². The second-order valence-corrected chi connectivity index (χ2v) is 4.57. The average molecular weight is 213 g/mol. The molecule has 0 atom stereocenters. The Morgan fingerprint density at radius 3 is 2.73 bits per heavy atom. The Balaban J connectivity index is 2.28. The zero-order valence-electron chi connectivity index (χ0n) is 9.83. The van der Waals surface area contributed by atoms with Gasteiger partial charge in [0.15, 0.2) is 5.96 Å². The highest BCUT2D eigenvalue weighted by atomic mass is 16.6. The normalized spacial score (nSPS) is 16.3. The number of nitrogens with zero attached hydrogens (tertiary/aromatic N) is 2. The lowest BCUT2D eigenvalue weighted by Crippen LogP contribution is -2.40. The summed E-state index contributed by atoms with van der Waals surface area (Å²) in [7, 11) is 1.94. The summed E-state index contributed by atoms with van der Waals surface area (Å²) >= 11 is 0. The molecule has 0 saturated carbocycles. The van der Waals surface area contributed by atoms with Gasteiger partial charge in [-0.05, 0) is 20.8 Å². The molecule has 0 bridgehead atoms. The Labute approximate surface area is 90.5 Å². The van der Waals surface area contributed by atoms with Gasteiger partial charge in [-0.15, -0.1) is 0 Å². The highest BCUT2D eigenvalue weighted by Gasteiger charge is 2.18. The summed E-state index contributed by atoms with van der Waals surface area (Å²) in [5, 5.41) is 2.96. The zero-order valence-corrected chi connectivity index (χ0v) is 9.83. The molecule has 15 heavy (non-hydrogen) atoms. The summed E-state index contributed by atoms with van der Waals surface area (Å²) in [5.74, 6) is 0.506. The standard InChI is InChI=1S/C10H19N3O2/c1-10(2,3)15-8(14)7-12-9-11-5-6-13(9)4/h5-7H2,1-4H3,(H,11,12). The molecule has 0 amide bonds. The van der Waals surface area contributed by atoms with Crippen LogP contribution in [0.3, 0.4) is 0 Å². The molecule has 5 heteroatoms. The Bertz CT molecular complexity index is 268. The minimum absolute atomic E-state index is 0.167. The molecule has 86 valence electrons. The third-order valence-electron chi connectivity index (χ3n) is 1.87. The summed E-state index contributed by atoms with van der Waals surface area (Å²) in [4.78, 5) is 17.5. The van der Waals surface area contributed by atoms with Crippen LogP contribution in [-0.2, 0) is 9.53 Å². The fourth-order valence-corrected chi connectivity index (χ4v) is 1.25. The van der Waals surface area contributed by atoms with E-state index in [0.717, 1.165) is 19.0 Å². The van der Waals surface area contributed by atoms with Crippen molar-refractivity contribution in [1.29, 1.82) is 0 Å². The van der Waals surface area contributed by atoms with Crippen molar-refractivity contribution in [2.24, 2.45) is 4.99 Å². The van der Waals surface area contributed by atoms with E-state index in [9.17, 15) is 4.79 Å². The van der Waals surface area contributed by atoms with E-state index in [2.05, 4.69) is 10.3 Å². The van der Waals surface area contributed by atoms with E-state index < -0.39 is 5.60 Å². The number of ether oxygens (including phenoxy) is 1. The maximum absolute atomic E-state index is 11.4. The number of nitrogens with one attached hydrogen (secondary N) is 1. The molecule has 0 fully saturated rings. The molecule has 1 rings (SSSR count). The monoisotopic (exact) mass is 213 g/mol. The van der Waals surface area contributed by atoms with Crippen LogP contribution in [0.5, 0.6) is 0 Å². The van der Waals surface area contributed by atoms with Gasteiger partial charge in [-0.1, -0.05) is 0 Å². The average Bonchev–Trinajstić information content (AvgIpc) is 2.44. The molecule has 1 heterocycles. The van der Waals surface area contributed by atoms with E-state index in [-0.39, 0.29) is 12.5 Å². The van der Waals surface area contributed by atoms with Crippen LogP contribution in [0.2, 0.25) is 0 Å². The quantitative estimate of drug-likeness (QED) is 0.667. The van der Waals surface area contributed by atoms with Crippen molar-refractivity contribution < 1.29 is 9.53 Å². The summed E-state index contributed by atoms with van der Waals surface area (Å²) in [5.41, 5.74) is -0.428. The molecule has 5 nitrogen and oxygen atoms in total. The van der Waals surface area contributed by atoms with E-state index in [1.807, 2.05) is 32.7 Å². The van der Waals surface area contributed by atoms with Crippen molar-refractivity contribution in [2.75, 3.05) is 26.7 Å². The highest BCUT2D eigenvalue weighted by molar-refractivity contribution is 5.85. The van der Waals surface area contributed by atoms with Gasteiger partial charge < -0.3 is 15.0 Å². The lowest BCUT2D eigenvalue weighted by atomic mass is 10.2. The molecule has 0 aromatic rings. The maximum Gasteiger partial charge on any atom is 0.325 e. The van der Waals surface area contributed by atoms with Gasteiger partial charge in [0.2, 0.25) is 0 Å². The number of carbonyl (C=O) groups is 1. The summed E-state index contributed by atoms with van der Waals surface area (Å²) in [6.07, 6.45) is 0. The van der Waals surface area contributed by atoms with E-state index in [1.165, 1.54) is 0 Å². The molecule has 0 aliphatic carbocycles. The smallest absolute Gasteiger partial charge is 0.325 e. The van der Waals surface area contributed by atoms with Crippen LogP contribution in [0.15, 0.2) is 4.99 Å². The minimum Gasteiger partial charge on any atom is -0.459 e. The molecular weight excluding hydrogens is 194 g/mol. The molecular formula is C10H19N3O2. The van der Waals surface area contributed by atoms with Crippen LogP contribution < -0.4 is 5.32 Å². The Morgan fingerprint density at radius 1 is 1.60 bits per heavy atom. The lowest BCUT2D eigenvalue weighted by molar-refractivity contribution is -0.153. The predicted molar refractivity (Wildman–Crippen MR) is 58.8 cm³/mol.